The number of aliphatic hydroxyl groups excluding tert-OH is 1. The summed E-state index contributed by atoms with van der Waals surface area (Å²) in [5.74, 6) is -0.274. The van der Waals surface area contributed by atoms with Crippen LogP contribution in [0, 0.1) is 0 Å². The molecule has 1 aliphatic rings. The molecule has 0 aliphatic heterocycles. The van der Waals surface area contributed by atoms with Crippen LogP contribution in [-0.4, -0.2) is 28.8 Å². The molecule has 4 nitrogen and oxygen atoms in total. The van der Waals surface area contributed by atoms with Gasteiger partial charge in [0.05, 0.1) is 18.4 Å². The first kappa shape index (κ1) is 14.5. The molecule has 1 N–H and O–H groups in total. The Morgan fingerprint density at radius 2 is 2.42 bits per heavy atom. The first-order valence-electron chi connectivity index (χ1n) is 6.56. The molecule has 1 heterocycles. The van der Waals surface area contributed by atoms with Crippen molar-refractivity contribution in [1.29, 1.82) is 0 Å². The molecule has 1 aromatic heterocycles. The molecule has 0 radical (unpaired) electrons. The highest BCUT2D eigenvalue weighted by molar-refractivity contribution is 9.10. The molecule has 0 amide bonds. The fourth-order valence-corrected chi connectivity index (χ4v) is 2.93. The second kappa shape index (κ2) is 6.01. The highest BCUT2D eigenvalue weighted by Crippen LogP contribution is 2.40. The molecule has 0 bridgehead atoms. The zero-order valence-corrected chi connectivity index (χ0v) is 12.5. The molecule has 5 heteroatoms. The molecular formula is C14H18BrNO3. The van der Waals surface area contributed by atoms with Gasteiger partial charge in [-0.1, -0.05) is 0 Å². The van der Waals surface area contributed by atoms with E-state index in [0.717, 1.165) is 17.3 Å². The Balaban J connectivity index is 2.38. The molecule has 1 aliphatic carbocycles. The number of carbonyl (C=O) groups is 1. The van der Waals surface area contributed by atoms with Gasteiger partial charge in [0.25, 0.3) is 0 Å². The van der Waals surface area contributed by atoms with Crippen LogP contribution in [0.1, 0.15) is 38.3 Å². The number of rotatable bonds is 3. The van der Waals surface area contributed by atoms with Crippen molar-refractivity contribution in [1.82, 2.24) is 4.98 Å². The molecule has 0 spiro atoms. The lowest BCUT2D eigenvalue weighted by molar-refractivity contribution is -0.153. The van der Waals surface area contributed by atoms with Crippen LogP contribution in [0.4, 0.5) is 0 Å². The van der Waals surface area contributed by atoms with Gasteiger partial charge < -0.3 is 9.84 Å². The van der Waals surface area contributed by atoms with Gasteiger partial charge in [-0.3, -0.25) is 9.78 Å². The highest BCUT2D eigenvalue weighted by Gasteiger charge is 2.46. The molecule has 19 heavy (non-hydrogen) atoms. The molecule has 2 unspecified atom stereocenters. The predicted octanol–water partition coefficient (Wildman–Crippen LogP) is 2.58. The van der Waals surface area contributed by atoms with E-state index in [0.29, 0.717) is 25.1 Å². The van der Waals surface area contributed by atoms with Crippen LogP contribution in [0.2, 0.25) is 0 Å². The number of halogens is 1. The summed E-state index contributed by atoms with van der Waals surface area (Å²) in [5, 5.41) is 9.93. The molecule has 104 valence electrons. The summed E-state index contributed by atoms with van der Waals surface area (Å²) in [6.45, 7) is 2.13. The third kappa shape index (κ3) is 2.98. The largest absolute Gasteiger partial charge is 0.465 e. The van der Waals surface area contributed by atoms with Gasteiger partial charge in [0.15, 0.2) is 0 Å². The van der Waals surface area contributed by atoms with Crippen LogP contribution < -0.4 is 0 Å². The Labute approximate surface area is 121 Å². The number of hydrogen-bond acceptors (Lipinski definition) is 4. The Bertz CT molecular complexity index is 449. The maximum absolute atomic E-state index is 12.4. The topological polar surface area (TPSA) is 59.4 Å². The second-order valence-electron chi connectivity index (χ2n) is 4.91. The van der Waals surface area contributed by atoms with E-state index in [-0.39, 0.29) is 5.97 Å². The predicted molar refractivity (Wildman–Crippen MR) is 74.7 cm³/mol. The smallest absolute Gasteiger partial charge is 0.318 e. The van der Waals surface area contributed by atoms with Crippen LogP contribution in [0.25, 0.3) is 0 Å². The maximum atomic E-state index is 12.4. The van der Waals surface area contributed by atoms with E-state index in [1.165, 1.54) is 0 Å². The molecular weight excluding hydrogens is 310 g/mol. The quantitative estimate of drug-likeness (QED) is 0.867. The van der Waals surface area contributed by atoms with Gasteiger partial charge in [0.1, 0.15) is 5.41 Å². The summed E-state index contributed by atoms with van der Waals surface area (Å²) >= 11 is 3.34. The Hall–Kier alpha value is -0.940. The normalized spacial score (nSPS) is 27.0. The standard InChI is InChI=1S/C14H18BrNO3/c1-2-19-13(18)14(7-3-4-11(17)8-14)12-6-5-10(15)9-16-12/h5-6,9,11,17H,2-4,7-8H2,1H3. The van der Waals surface area contributed by atoms with E-state index in [4.69, 9.17) is 4.74 Å². The van der Waals surface area contributed by atoms with Gasteiger partial charge >= 0.3 is 5.97 Å². The van der Waals surface area contributed by atoms with Crippen molar-refractivity contribution in [2.45, 2.75) is 44.1 Å². The average Bonchev–Trinajstić information content (AvgIpc) is 2.39. The summed E-state index contributed by atoms with van der Waals surface area (Å²) in [7, 11) is 0. The number of carbonyl (C=O) groups excluding carboxylic acids is 1. The van der Waals surface area contributed by atoms with Gasteiger partial charge in [-0.25, -0.2) is 0 Å². The zero-order valence-electron chi connectivity index (χ0n) is 10.9. The number of pyridine rings is 1. The Morgan fingerprint density at radius 1 is 1.63 bits per heavy atom. The first-order chi connectivity index (χ1) is 9.08. The van der Waals surface area contributed by atoms with Gasteiger partial charge in [0.2, 0.25) is 0 Å². The molecule has 1 saturated carbocycles. The number of nitrogens with zero attached hydrogens (tertiary/aromatic N) is 1. The summed E-state index contributed by atoms with van der Waals surface area (Å²) in [6, 6.07) is 3.70. The zero-order chi connectivity index (χ0) is 13.9. The van der Waals surface area contributed by atoms with E-state index in [2.05, 4.69) is 20.9 Å². The number of esters is 1. The van der Waals surface area contributed by atoms with Crippen molar-refractivity contribution < 1.29 is 14.6 Å². The third-order valence-corrected chi connectivity index (χ3v) is 4.08. The summed E-state index contributed by atoms with van der Waals surface area (Å²) in [5.41, 5.74) is -0.109. The number of aliphatic hydroxyl groups is 1. The van der Waals surface area contributed by atoms with Crippen LogP contribution in [0.3, 0.4) is 0 Å². The molecule has 0 saturated heterocycles. The van der Waals surface area contributed by atoms with Crippen LogP contribution >= 0.6 is 15.9 Å². The summed E-state index contributed by atoms with van der Waals surface area (Å²) in [4.78, 5) is 16.7. The fourth-order valence-electron chi connectivity index (χ4n) is 2.70. The van der Waals surface area contributed by atoms with E-state index in [9.17, 15) is 9.90 Å². The molecule has 0 aromatic carbocycles. The Morgan fingerprint density at radius 3 is 3.00 bits per heavy atom. The minimum absolute atomic E-state index is 0.274. The monoisotopic (exact) mass is 327 g/mol. The van der Waals surface area contributed by atoms with Crippen molar-refractivity contribution in [2.24, 2.45) is 0 Å². The van der Waals surface area contributed by atoms with E-state index < -0.39 is 11.5 Å². The van der Waals surface area contributed by atoms with Crippen LogP contribution in [0.15, 0.2) is 22.8 Å². The molecule has 1 fully saturated rings. The van der Waals surface area contributed by atoms with Crippen molar-refractivity contribution >= 4 is 21.9 Å². The number of aromatic nitrogens is 1. The maximum Gasteiger partial charge on any atom is 0.318 e. The number of hydrogen-bond donors (Lipinski definition) is 1. The SMILES string of the molecule is CCOC(=O)C1(c2ccc(Br)cn2)CCCC(O)C1. The van der Waals surface area contributed by atoms with Crippen LogP contribution in [0.5, 0.6) is 0 Å². The van der Waals surface area contributed by atoms with Gasteiger partial charge in [0, 0.05) is 10.7 Å². The third-order valence-electron chi connectivity index (χ3n) is 3.61. The van der Waals surface area contributed by atoms with Gasteiger partial charge in [-0.15, -0.1) is 0 Å². The molecule has 1 aromatic rings. The average molecular weight is 328 g/mol. The van der Waals surface area contributed by atoms with E-state index >= 15 is 0 Å². The van der Waals surface area contributed by atoms with Crippen LogP contribution in [-0.2, 0) is 14.9 Å². The molecule has 2 atom stereocenters. The lowest BCUT2D eigenvalue weighted by Crippen LogP contribution is -2.44. The summed E-state index contributed by atoms with van der Waals surface area (Å²) in [6.07, 6.45) is 3.81. The Kier molecular flexibility index (Phi) is 4.58. The lowest BCUT2D eigenvalue weighted by Gasteiger charge is -2.36. The first-order valence-corrected chi connectivity index (χ1v) is 7.35. The van der Waals surface area contributed by atoms with Gasteiger partial charge in [-0.05, 0) is 60.7 Å². The van der Waals surface area contributed by atoms with E-state index in [1.54, 1.807) is 13.1 Å². The minimum atomic E-state index is -0.797. The number of ether oxygens (including phenoxy) is 1. The van der Waals surface area contributed by atoms with E-state index in [1.807, 2.05) is 12.1 Å². The molecule has 2 rings (SSSR count). The fraction of sp³-hybridized carbons (Fsp3) is 0.571. The van der Waals surface area contributed by atoms with Crippen molar-refractivity contribution in [3.05, 3.63) is 28.5 Å². The summed E-state index contributed by atoms with van der Waals surface area (Å²) < 4.78 is 6.08. The van der Waals surface area contributed by atoms with Crippen molar-refractivity contribution in [3.63, 3.8) is 0 Å². The lowest BCUT2D eigenvalue weighted by atomic mass is 9.70. The van der Waals surface area contributed by atoms with Crippen molar-refractivity contribution in [3.8, 4) is 0 Å². The van der Waals surface area contributed by atoms with Crippen molar-refractivity contribution in [2.75, 3.05) is 6.61 Å². The highest BCUT2D eigenvalue weighted by atomic mass is 79.9. The minimum Gasteiger partial charge on any atom is -0.465 e. The second-order valence-corrected chi connectivity index (χ2v) is 5.83. The van der Waals surface area contributed by atoms with Gasteiger partial charge in [-0.2, -0.15) is 0 Å².